The van der Waals surface area contributed by atoms with Gasteiger partial charge in [-0.25, -0.2) is 14.8 Å². The average Bonchev–Trinajstić information content (AvgIpc) is 3.64. The number of phenolic OH excluding ortho intramolecular Hbond substituents is 1. The van der Waals surface area contributed by atoms with Crippen molar-refractivity contribution < 1.29 is 33.8 Å². The van der Waals surface area contributed by atoms with Gasteiger partial charge in [0.1, 0.15) is 10.9 Å². The lowest BCUT2D eigenvalue weighted by molar-refractivity contribution is -0.126. The summed E-state index contributed by atoms with van der Waals surface area (Å²) in [7, 11) is 1.31. The maximum Gasteiger partial charge on any atom is 0.341 e. The van der Waals surface area contributed by atoms with Gasteiger partial charge in [0.15, 0.2) is 17.6 Å². The van der Waals surface area contributed by atoms with E-state index in [9.17, 15) is 19.5 Å². The van der Waals surface area contributed by atoms with Crippen molar-refractivity contribution in [2.45, 2.75) is 59.1 Å². The lowest BCUT2D eigenvalue weighted by Gasteiger charge is -2.33. The Morgan fingerprint density at radius 2 is 1.89 bits per heavy atom. The Kier molecular flexibility index (Phi) is 8.00. The molecule has 2 fully saturated rings. The van der Waals surface area contributed by atoms with E-state index in [0.29, 0.717) is 45.2 Å². The minimum Gasteiger partial charge on any atom is -0.503 e. The molecule has 0 unspecified atom stereocenters. The van der Waals surface area contributed by atoms with Gasteiger partial charge in [-0.2, -0.15) is 0 Å². The van der Waals surface area contributed by atoms with Crippen molar-refractivity contribution in [3.63, 3.8) is 0 Å². The lowest BCUT2D eigenvalue weighted by atomic mass is 9.72. The van der Waals surface area contributed by atoms with Crippen molar-refractivity contribution in [2.75, 3.05) is 23.7 Å². The summed E-state index contributed by atoms with van der Waals surface area (Å²) < 4.78 is 11.3. The number of carbonyl (C=O) groups is 3. The third-order valence-electron chi connectivity index (χ3n) is 8.88. The topological polar surface area (TPSA) is 106 Å². The van der Waals surface area contributed by atoms with Crippen LogP contribution in [0.1, 0.15) is 66.5 Å². The molecule has 6 rings (SSSR count). The fourth-order valence-corrected chi connectivity index (χ4v) is 8.45. The van der Waals surface area contributed by atoms with Gasteiger partial charge in [0.05, 0.1) is 35.5 Å². The fraction of sp³-hybridized carbons (Fsp3) is 0.424. The Hall–Kier alpha value is -3.41. The number of nitrogens with zero attached hydrogens (tertiary/aromatic N) is 2. The molecule has 2 saturated heterocycles. The van der Waals surface area contributed by atoms with Crippen molar-refractivity contribution in [2.24, 2.45) is 17.3 Å². The number of fused-ring (bicyclic) bond motifs is 2. The van der Waals surface area contributed by atoms with E-state index in [1.807, 2.05) is 37.3 Å². The van der Waals surface area contributed by atoms with Gasteiger partial charge in [-0.05, 0) is 88.8 Å². The van der Waals surface area contributed by atoms with Crippen LogP contribution in [0.5, 0.6) is 11.5 Å². The molecule has 2 amide bonds. The van der Waals surface area contributed by atoms with Gasteiger partial charge in [-0.3, -0.25) is 14.4 Å². The second kappa shape index (κ2) is 11.5. The van der Waals surface area contributed by atoms with Gasteiger partial charge < -0.3 is 14.6 Å². The van der Waals surface area contributed by atoms with E-state index in [4.69, 9.17) is 14.3 Å². The number of ether oxygens (including phenoxy) is 2. The van der Waals surface area contributed by atoms with E-state index in [1.165, 1.54) is 18.4 Å². The molecule has 0 bridgehead atoms. The van der Waals surface area contributed by atoms with E-state index < -0.39 is 35.8 Å². The van der Waals surface area contributed by atoms with Crippen LogP contribution in [0.4, 0.5) is 10.7 Å². The first kappa shape index (κ1) is 30.6. The Balaban J connectivity index is 1.45. The van der Waals surface area contributed by atoms with Gasteiger partial charge in [0.2, 0.25) is 5.91 Å². The van der Waals surface area contributed by atoms with E-state index in [2.05, 4.69) is 36.7 Å². The molecular weight excluding hydrogens is 648 g/mol. The van der Waals surface area contributed by atoms with Gasteiger partial charge in [0, 0.05) is 4.88 Å². The number of hydrogen-bond acceptors (Lipinski definition) is 9. The Morgan fingerprint density at radius 3 is 2.55 bits per heavy atom. The zero-order valence-electron chi connectivity index (χ0n) is 25.3. The van der Waals surface area contributed by atoms with Crippen LogP contribution >= 0.6 is 27.3 Å². The van der Waals surface area contributed by atoms with Gasteiger partial charge >= 0.3 is 5.97 Å². The highest BCUT2D eigenvalue weighted by molar-refractivity contribution is 9.10. The molecule has 3 aliphatic rings. The second-order valence-corrected chi connectivity index (χ2v) is 14.4. The van der Waals surface area contributed by atoms with E-state index >= 15 is 0 Å². The molecule has 3 aromatic rings. The van der Waals surface area contributed by atoms with Gasteiger partial charge in [0.25, 0.3) is 5.91 Å². The molecule has 1 N–H and O–H groups in total. The number of methoxy groups -OCH3 is 1. The number of hydroxylamine groups is 1. The van der Waals surface area contributed by atoms with Crippen molar-refractivity contribution in [3.05, 3.63) is 68.5 Å². The number of carbonyl (C=O) groups excluding carboxylic acids is 3. The number of halogens is 1. The van der Waals surface area contributed by atoms with Crippen LogP contribution in [0.25, 0.3) is 0 Å². The summed E-state index contributed by atoms with van der Waals surface area (Å²) >= 11 is 4.75. The van der Waals surface area contributed by atoms with Crippen molar-refractivity contribution in [1.29, 1.82) is 0 Å². The number of hydrogen-bond donors (Lipinski definition) is 1. The summed E-state index contributed by atoms with van der Waals surface area (Å²) in [5.74, 6) is -1.89. The van der Waals surface area contributed by atoms with Crippen molar-refractivity contribution in [3.8, 4) is 11.5 Å². The SMILES string of the molecule is CCOc1cc([C@@H]2[C@@H]3C(=O)N(c4sc5c(c4C(=O)OC)CC[C@H](C(C)(C)C)C5)C(=O)[C@H]3ON2c2ccccc2)cc(Br)c1O. The minimum absolute atomic E-state index is 0.0618. The third-order valence-corrected chi connectivity index (χ3v) is 10.7. The van der Waals surface area contributed by atoms with Crippen LogP contribution in [-0.4, -0.2) is 42.7 Å². The molecule has 1 aliphatic carbocycles. The van der Waals surface area contributed by atoms with Crippen LogP contribution in [0.15, 0.2) is 46.9 Å². The van der Waals surface area contributed by atoms with Crippen LogP contribution in [-0.2, 0) is 32.0 Å². The summed E-state index contributed by atoms with van der Waals surface area (Å²) in [5.41, 5.74) is 2.51. The Labute approximate surface area is 268 Å². The van der Waals surface area contributed by atoms with Crippen LogP contribution < -0.4 is 14.7 Å². The zero-order valence-corrected chi connectivity index (χ0v) is 27.7. The molecule has 1 aromatic heterocycles. The number of benzene rings is 2. The highest BCUT2D eigenvalue weighted by Gasteiger charge is 2.61. The maximum atomic E-state index is 14.5. The number of esters is 1. The standard InChI is InChI=1S/C33H35BrN2O7S/c1-6-42-22-15-17(14-21(34)27(22)37)26-25-28(43-36(26)19-10-8-7-9-11-19)30(39)35(29(25)38)31-24(32(40)41-5)20-13-12-18(33(2,3)4)16-23(20)44-31/h7-11,14-15,18,25-26,28,37H,6,12-13,16H2,1-5H3/t18-,25-,26+,28-/m0/s1. The summed E-state index contributed by atoms with van der Waals surface area (Å²) in [4.78, 5) is 50.3. The number of para-hydroxylation sites is 1. The molecule has 0 spiro atoms. The van der Waals surface area contributed by atoms with Crippen LogP contribution in [0, 0.1) is 17.3 Å². The van der Waals surface area contributed by atoms with Gasteiger partial charge in [-0.1, -0.05) is 39.0 Å². The predicted octanol–water partition coefficient (Wildman–Crippen LogP) is 6.60. The maximum absolute atomic E-state index is 14.5. The molecule has 9 nitrogen and oxygen atoms in total. The van der Waals surface area contributed by atoms with E-state index in [1.54, 1.807) is 17.2 Å². The molecular formula is C33H35BrN2O7S. The third kappa shape index (κ3) is 4.98. The fourth-order valence-electron chi connectivity index (χ4n) is 6.56. The quantitative estimate of drug-likeness (QED) is 0.229. The number of aromatic hydroxyl groups is 1. The Morgan fingerprint density at radius 1 is 1.16 bits per heavy atom. The first-order valence-corrected chi connectivity index (χ1v) is 16.3. The van der Waals surface area contributed by atoms with E-state index in [-0.39, 0.29) is 16.9 Å². The Bertz CT molecular complexity index is 1630. The average molecular weight is 684 g/mol. The first-order valence-electron chi connectivity index (χ1n) is 14.7. The molecule has 4 atom stereocenters. The number of imide groups is 1. The molecule has 232 valence electrons. The molecule has 11 heteroatoms. The normalized spacial score (nSPS) is 23.1. The summed E-state index contributed by atoms with van der Waals surface area (Å²) in [5, 5.41) is 12.5. The monoisotopic (exact) mass is 682 g/mol. The van der Waals surface area contributed by atoms with Crippen LogP contribution in [0.3, 0.4) is 0 Å². The number of anilines is 2. The zero-order chi connectivity index (χ0) is 31.5. The lowest BCUT2D eigenvalue weighted by Crippen LogP contribution is -2.37. The predicted molar refractivity (Wildman–Crippen MR) is 170 cm³/mol. The van der Waals surface area contributed by atoms with Crippen molar-refractivity contribution in [1.82, 2.24) is 0 Å². The van der Waals surface area contributed by atoms with Gasteiger partial charge in [-0.15, -0.1) is 11.3 Å². The minimum atomic E-state index is -1.12. The number of phenols is 1. The molecule has 2 aliphatic heterocycles. The second-order valence-electron chi connectivity index (χ2n) is 12.4. The molecule has 44 heavy (non-hydrogen) atoms. The molecule has 2 aromatic carbocycles. The first-order chi connectivity index (χ1) is 21.0. The largest absolute Gasteiger partial charge is 0.503 e. The number of rotatable bonds is 6. The van der Waals surface area contributed by atoms with E-state index in [0.717, 1.165) is 28.2 Å². The number of amides is 2. The van der Waals surface area contributed by atoms with Crippen molar-refractivity contribution >= 4 is 55.7 Å². The summed E-state index contributed by atoms with van der Waals surface area (Å²) in [6.45, 7) is 8.76. The van der Waals surface area contributed by atoms with Crippen LogP contribution in [0.2, 0.25) is 0 Å². The smallest absolute Gasteiger partial charge is 0.341 e. The summed E-state index contributed by atoms with van der Waals surface area (Å²) in [6.07, 6.45) is 1.21. The molecule has 0 radical (unpaired) electrons. The summed E-state index contributed by atoms with van der Waals surface area (Å²) in [6, 6.07) is 11.9. The number of thiophene rings is 1. The highest BCUT2D eigenvalue weighted by atomic mass is 79.9. The molecule has 0 saturated carbocycles. The highest BCUT2D eigenvalue weighted by Crippen LogP contribution is 2.52. The molecule has 3 heterocycles.